The van der Waals surface area contributed by atoms with Gasteiger partial charge in [0.1, 0.15) is 0 Å². The smallest absolute Gasteiger partial charge is 0.0189 e. The van der Waals surface area contributed by atoms with Gasteiger partial charge in [-0.2, -0.15) is 0 Å². The van der Waals surface area contributed by atoms with E-state index in [0.717, 1.165) is 6.54 Å². The Morgan fingerprint density at radius 3 is 2.12 bits per heavy atom. The summed E-state index contributed by atoms with van der Waals surface area (Å²) in [7, 11) is 0. The number of nitrogens with one attached hydrogen (secondary N) is 1. The Hall–Kier alpha value is -0.460. The molecule has 0 aliphatic heterocycles. The van der Waals surface area contributed by atoms with Gasteiger partial charge in [-0.05, 0) is 11.6 Å². The van der Waals surface area contributed by atoms with Crippen molar-refractivity contribution in [2.24, 2.45) is 5.41 Å². The topological polar surface area (TPSA) is 12.0 Å². The molecule has 0 aliphatic carbocycles. The van der Waals surface area contributed by atoms with Crippen LogP contribution in [0.4, 0.5) is 0 Å². The molecular weight excluding hydrogens is 98.1 g/mol. The molecule has 0 aromatic heterocycles. The summed E-state index contributed by atoms with van der Waals surface area (Å²) in [6.07, 6.45) is 1.73. The lowest BCUT2D eigenvalue weighted by Gasteiger charge is -2.16. The Labute approximate surface area is 51.8 Å². The zero-order valence-electron chi connectivity index (χ0n) is 5.99. The minimum absolute atomic E-state index is 0.369. The van der Waals surface area contributed by atoms with Crippen molar-refractivity contribution in [1.29, 1.82) is 0 Å². The maximum absolute atomic E-state index is 3.55. The van der Waals surface area contributed by atoms with Gasteiger partial charge in [0.05, 0.1) is 0 Å². The van der Waals surface area contributed by atoms with Gasteiger partial charge >= 0.3 is 0 Å². The summed E-state index contributed by atoms with van der Waals surface area (Å²) in [5.41, 5.74) is 0.369. The highest BCUT2D eigenvalue weighted by atomic mass is 14.8. The first-order chi connectivity index (χ1) is 3.56. The van der Waals surface area contributed by atoms with E-state index in [0.29, 0.717) is 5.41 Å². The quantitative estimate of drug-likeness (QED) is 0.575. The van der Waals surface area contributed by atoms with E-state index < -0.39 is 0 Å². The zero-order valence-corrected chi connectivity index (χ0v) is 5.99. The highest BCUT2D eigenvalue weighted by Gasteiger charge is 2.06. The largest absolute Gasteiger partial charge is 0.391 e. The van der Waals surface area contributed by atoms with E-state index in [-0.39, 0.29) is 0 Å². The zero-order chi connectivity index (χ0) is 6.62. The van der Waals surface area contributed by atoms with Crippen LogP contribution in [-0.4, -0.2) is 6.54 Å². The van der Waals surface area contributed by atoms with Crippen molar-refractivity contribution in [3.05, 3.63) is 12.8 Å². The predicted molar refractivity (Wildman–Crippen MR) is 37.7 cm³/mol. The fourth-order valence-corrected chi connectivity index (χ4v) is 0.378. The van der Waals surface area contributed by atoms with Crippen molar-refractivity contribution >= 4 is 0 Å². The van der Waals surface area contributed by atoms with Crippen LogP contribution >= 0.6 is 0 Å². The van der Waals surface area contributed by atoms with Gasteiger partial charge in [0.15, 0.2) is 0 Å². The van der Waals surface area contributed by atoms with E-state index in [1.807, 2.05) is 0 Å². The average molecular weight is 113 g/mol. The number of hydrogen-bond donors (Lipinski definition) is 1. The molecule has 0 aromatic carbocycles. The predicted octanol–water partition coefficient (Wildman–Crippen LogP) is 1.77. The van der Waals surface area contributed by atoms with Gasteiger partial charge in [0.2, 0.25) is 0 Å². The third-order valence-electron chi connectivity index (χ3n) is 0.777. The summed E-state index contributed by atoms with van der Waals surface area (Å²) in [4.78, 5) is 0. The summed E-state index contributed by atoms with van der Waals surface area (Å²) >= 11 is 0. The SMILES string of the molecule is C=CNCC(C)(C)C. The molecule has 0 aliphatic rings. The molecule has 0 saturated carbocycles. The molecule has 0 atom stereocenters. The van der Waals surface area contributed by atoms with E-state index in [9.17, 15) is 0 Å². The molecule has 0 unspecified atom stereocenters. The molecule has 0 amide bonds. The molecule has 1 heteroatoms. The fourth-order valence-electron chi connectivity index (χ4n) is 0.378. The molecule has 0 rings (SSSR count). The van der Waals surface area contributed by atoms with Crippen LogP contribution in [0.5, 0.6) is 0 Å². The Kier molecular flexibility index (Phi) is 2.59. The maximum Gasteiger partial charge on any atom is 0.0189 e. The molecule has 0 radical (unpaired) electrons. The fraction of sp³-hybridized carbons (Fsp3) is 0.714. The first-order valence-corrected chi connectivity index (χ1v) is 2.90. The number of rotatable bonds is 2. The second kappa shape index (κ2) is 2.75. The lowest BCUT2D eigenvalue weighted by Crippen LogP contribution is -2.22. The van der Waals surface area contributed by atoms with Crippen molar-refractivity contribution in [2.45, 2.75) is 20.8 Å². The van der Waals surface area contributed by atoms with Gasteiger partial charge in [-0.15, -0.1) is 0 Å². The summed E-state index contributed by atoms with van der Waals surface area (Å²) in [6.45, 7) is 11.1. The summed E-state index contributed by atoms with van der Waals surface area (Å²) in [5.74, 6) is 0. The van der Waals surface area contributed by atoms with Gasteiger partial charge in [0, 0.05) is 6.54 Å². The van der Waals surface area contributed by atoms with Crippen LogP contribution in [-0.2, 0) is 0 Å². The molecule has 0 fully saturated rings. The highest BCUT2D eigenvalue weighted by molar-refractivity contribution is 4.70. The first-order valence-electron chi connectivity index (χ1n) is 2.90. The van der Waals surface area contributed by atoms with E-state index in [1.165, 1.54) is 0 Å². The minimum atomic E-state index is 0.369. The van der Waals surface area contributed by atoms with Crippen molar-refractivity contribution in [3.8, 4) is 0 Å². The summed E-state index contributed by atoms with van der Waals surface area (Å²) < 4.78 is 0. The second-order valence-corrected chi connectivity index (χ2v) is 3.15. The molecule has 0 heterocycles. The molecular formula is C7H15N. The minimum Gasteiger partial charge on any atom is -0.391 e. The molecule has 48 valence electrons. The van der Waals surface area contributed by atoms with Crippen LogP contribution in [0.1, 0.15) is 20.8 Å². The van der Waals surface area contributed by atoms with Crippen molar-refractivity contribution in [1.82, 2.24) is 5.32 Å². The lowest BCUT2D eigenvalue weighted by molar-refractivity contribution is 0.402. The van der Waals surface area contributed by atoms with Crippen LogP contribution in [0.15, 0.2) is 12.8 Å². The third-order valence-corrected chi connectivity index (χ3v) is 0.777. The molecule has 8 heavy (non-hydrogen) atoms. The van der Waals surface area contributed by atoms with Crippen LogP contribution in [0.2, 0.25) is 0 Å². The third kappa shape index (κ3) is 5.54. The van der Waals surface area contributed by atoms with Crippen LogP contribution < -0.4 is 5.32 Å². The Morgan fingerprint density at radius 2 is 2.00 bits per heavy atom. The van der Waals surface area contributed by atoms with Crippen LogP contribution in [0.25, 0.3) is 0 Å². The van der Waals surface area contributed by atoms with Gasteiger partial charge in [-0.3, -0.25) is 0 Å². The van der Waals surface area contributed by atoms with Crippen molar-refractivity contribution in [2.75, 3.05) is 6.54 Å². The van der Waals surface area contributed by atoms with Gasteiger partial charge in [0.25, 0.3) is 0 Å². The Bertz CT molecular complexity index is 68.9. The molecule has 0 spiro atoms. The maximum atomic E-state index is 3.55. The van der Waals surface area contributed by atoms with E-state index in [1.54, 1.807) is 6.20 Å². The average Bonchev–Trinajstić information content (AvgIpc) is 1.59. The van der Waals surface area contributed by atoms with Gasteiger partial charge < -0.3 is 5.32 Å². The normalized spacial score (nSPS) is 10.9. The lowest BCUT2D eigenvalue weighted by atomic mass is 9.97. The van der Waals surface area contributed by atoms with Crippen LogP contribution in [0, 0.1) is 5.41 Å². The highest BCUT2D eigenvalue weighted by Crippen LogP contribution is 2.09. The van der Waals surface area contributed by atoms with Crippen molar-refractivity contribution in [3.63, 3.8) is 0 Å². The summed E-state index contributed by atoms with van der Waals surface area (Å²) in [6, 6.07) is 0. The number of hydrogen-bond acceptors (Lipinski definition) is 1. The molecule has 1 N–H and O–H groups in total. The first kappa shape index (κ1) is 7.54. The van der Waals surface area contributed by atoms with E-state index in [4.69, 9.17) is 0 Å². The van der Waals surface area contributed by atoms with Crippen molar-refractivity contribution < 1.29 is 0 Å². The van der Waals surface area contributed by atoms with E-state index >= 15 is 0 Å². The molecule has 0 bridgehead atoms. The van der Waals surface area contributed by atoms with E-state index in [2.05, 4.69) is 32.7 Å². The Morgan fingerprint density at radius 1 is 1.50 bits per heavy atom. The molecule has 0 saturated heterocycles. The standard InChI is InChI=1S/C7H15N/c1-5-8-6-7(2,3)4/h5,8H,1,6H2,2-4H3. The van der Waals surface area contributed by atoms with Crippen LogP contribution in [0.3, 0.4) is 0 Å². The Balaban J connectivity index is 3.24. The van der Waals surface area contributed by atoms with Gasteiger partial charge in [-0.1, -0.05) is 27.4 Å². The molecule has 0 aromatic rings. The monoisotopic (exact) mass is 113 g/mol. The molecule has 1 nitrogen and oxygen atoms in total. The second-order valence-electron chi connectivity index (χ2n) is 3.15. The van der Waals surface area contributed by atoms with Gasteiger partial charge in [-0.25, -0.2) is 0 Å². The summed E-state index contributed by atoms with van der Waals surface area (Å²) in [5, 5.41) is 3.05.